The van der Waals surface area contributed by atoms with E-state index in [2.05, 4.69) is 4.74 Å². The first-order valence-corrected chi connectivity index (χ1v) is 12.9. The monoisotopic (exact) mass is 524 g/mol. The molecule has 4 rings (SSSR count). The third-order valence-corrected chi connectivity index (χ3v) is 8.51. The molecule has 1 saturated heterocycles. The highest BCUT2D eigenvalue weighted by Gasteiger charge is 2.71. The van der Waals surface area contributed by atoms with Crippen molar-refractivity contribution in [2.75, 3.05) is 6.61 Å². The van der Waals surface area contributed by atoms with Gasteiger partial charge < -0.3 is 18.9 Å². The van der Waals surface area contributed by atoms with Crippen molar-refractivity contribution in [3.8, 4) is 0 Å². The molecule has 0 aromatic carbocycles. The standard InChI is InChI=1S/C21H26F2O11S/c1-2-20(6-4-3-5-7-20)34-12(24)9-31-17(25)13-10-8-11-14(13)18(26)32-15(11)16(10)33-19(27)21(22,23)35(28,29)30/h10-11,13-16H,2-9H2,1H3,(H,28,29,30). The predicted molar refractivity (Wildman–Crippen MR) is 108 cm³/mol. The molecule has 196 valence electrons. The van der Waals surface area contributed by atoms with Gasteiger partial charge in [-0.15, -0.1) is 0 Å². The normalized spacial score (nSPS) is 33.2. The van der Waals surface area contributed by atoms with E-state index in [0.717, 1.165) is 19.3 Å². The predicted octanol–water partition coefficient (Wildman–Crippen LogP) is 1.39. The van der Waals surface area contributed by atoms with E-state index in [1.165, 1.54) is 0 Å². The Labute approximate surface area is 199 Å². The average molecular weight is 524 g/mol. The molecule has 4 fully saturated rings. The summed E-state index contributed by atoms with van der Waals surface area (Å²) in [5.74, 6) is -8.92. The van der Waals surface area contributed by atoms with Gasteiger partial charge in [-0.1, -0.05) is 13.3 Å². The van der Waals surface area contributed by atoms with Crippen LogP contribution in [0.5, 0.6) is 0 Å². The lowest BCUT2D eigenvalue weighted by Gasteiger charge is -2.36. The molecule has 0 amide bonds. The van der Waals surface area contributed by atoms with E-state index in [4.69, 9.17) is 18.8 Å². The van der Waals surface area contributed by atoms with Crippen molar-refractivity contribution >= 4 is 34.0 Å². The molecule has 1 N–H and O–H groups in total. The average Bonchev–Trinajstić information content (AvgIpc) is 3.41. The first kappa shape index (κ1) is 25.7. The lowest BCUT2D eigenvalue weighted by atomic mass is 9.78. The van der Waals surface area contributed by atoms with Gasteiger partial charge in [-0.05, 0) is 38.5 Å². The van der Waals surface area contributed by atoms with Crippen LogP contribution in [0.4, 0.5) is 8.78 Å². The summed E-state index contributed by atoms with van der Waals surface area (Å²) in [6.45, 7) is 1.18. The number of halogens is 2. The van der Waals surface area contributed by atoms with Gasteiger partial charge in [0.25, 0.3) is 0 Å². The molecule has 4 aliphatic rings. The van der Waals surface area contributed by atoms with E-state index in [9.17, 15) is 36.4 Å². The van der Waals surface area contributed by atoms with Crippen LogP contribution in [0.3, 0.4) is 0 Å². The molecule has 1 heterocycles. The minimum absolute atomic E-state index is 0.0969. The quantitative estimate of drug-likeness (QED) is 0.278. The number of rotatable bonds is 8. The van der Waals surface area contributed by atoms with Crippen LogP contribution >= 0.6 is 0 Å². The maximum Gasteiger partial charge on any atom is 0.465 e. The van der Waals surface area contributed by atoms with Crippen LogP contribution < -0.4 is 0 Å². The Balaban J connectivity index is 1.42. The van der Waals surface area contributed by atoms with Gasteiger partial charge >= 0.3 is 39.2 Å². The van der Waals surface area contributed by atoms with Crippen molar-refractivity contribution in [2.45, 2.75) is 74.9 Å². The molecule has 14 heteroatoms. The number of esters is 4. The number of fused-ring (bicyclic) bond motifs is 1. The fourth-order valence-corrected chi connectivity index (χ4v) is 6.25. The third-order valence-electron chi connectivity index (χ3n) is 7.69. The summed E-state index contributed by atoms with van der Waals surface area (Å²) < 4.78 is 78.2. The molecule has 0 aromatic heterocycles. The fraction of sp³-hybridized carbons (Fsp3) is 0.810. The van der Waals surface area contributed by atoms with Gasteiger partial charge in [0.2, 0.25) is 0 Å². The molecule has 1 aliphatic heterocycles. The molecule has 0 aromatic rings. The number of ether oxygens (including phenoxy) is 4. The van der Waals surface area contributed by atoms with Gasteiger partial charge in [0.15, 0.2) is 6.61 Å². The van der Waals surface area contributed by atoms with Crippen LogP contribution in [-0.4, -0.2) is 66.5 Å². The second-order valence-electron chi connectivity index (χ2n) is 9.56. The van der Waals surface area contributed by atoms with Crippen LogP contribution in [0, 0.1) is 23.7 Å². The van der Waals surface area contributed by atoms with Crippen LogP contribution in [0.2, 0.25) is 0 Å². The number of alkyl halides is 2. The zero-order valence-corrected chi connectivity index (χ0v) is 19.6. The van der Waals surface area contributed by atoms with Gasteiger partial charge in [-0.3, -0.25) is 14.1 Å². The maximum absolute atomic E-state index is 13.7. The Morgan fingerprint density at radius 3 is 2.43 bits per heavy atom. The molecule has 6 atom stereocenters. The van der Waals surface area contributed by atoms with E-state index < -0.39 is 87.3 Å². The van der Waals surface area contributed by atoms with Crippen molar-refractivity contribution in [3.63, 3.8) is 0 Å². The Morgan fingerprint density at radius 1 is 1.17 bits per heavy atom. The van der Waals surface area contributed by atoms with Crippen molar-refractivity contribution in [1.29, 1.82) is 0 Å². The summed E-state index contributed by atoms with van der Waals surface area (Å²) in [5.41, 5.74) is -0.617. The van der Waals surface area contributed by atoms with Crippen LogP contribution in [0.25, 0.3) is 0 Å². The molecule has 2 bridgehead atoms. The zero-order chi connectivity index (χ0) is 25.8. The number of carbonyl (C=O) groups excluding carboxylic acids is 4. The number of hydrogen-bond acceptors (Lipinski definition) is 10. The summed E-state index contributed by atoms with van der Waals surface area (Å²) in [4.78, 5) is 49.3. The Bertz CT molecular complexity index is 1020. The minimum atomic E-state index is -6.11. The Kier molecular flexibility index (Phi) is 6.58. The summed E-state index contributed by atoms with van der Waals surface area (Å²) in [7, 11) is -6.11. The largest absolute Gasteiger partial charge is 0.465 e. The molecule has 0 spiro atoms. The van der Waals surface area contributed by atoms with Crippen molar-refractivity contribution in [3.05, 3.63) is 0 Å². The van der Waals surface area contributed by atoms with E-state index in [0.29, 0.717) is 19.3 Å². The third kappa shape index (κ3) is 4.39. The first-order valence-electron chi connectivity index (χ1n) is 11.5. The van der Waals surface area contributed by atoms with Gasteiger partial charge in [0.05, 0.1) is 11.8 Å². The molecular formula is C21H26F2O11S. The zero-order valence-electron chi connectivity index (χ0n) is 18.8. The lowest BCUT2D eigenvalue weighted by molar-refractivity contribution is -0.181. The van der Waals surface area contributed by atoms with Gasteiger partial charge in [0.1, 0.15) is 17.8 Å². The molecule has 3 aliphatic carbocycles. The van der Waals surface area contributed by atoms with Crippen molar-refractivity contribution < 1.29 is 59.9 Å². The summed E-state index contributed by atoms with van der Waals surface area (Å²) in [6, 6.07) is 0. The minimum Gasteiger partial charge on any atom is -0.458 e. The summed E-state index contributed by atoms with van der Waals surface area (Å²) >= 11 is 0. The maximum atomic E-state index is 13.7. The summed E-state index contributed by atoms with van der Waals surface area (Å²) in [6.07, 6.45) is 2.29. The highest BCUT2D eigenvalue weighted by Crippen LogP contribution is 2.59. The molecule has 3 saturated carbocycles. The van der Waals surface area contributed by atoms with E-state index in [-0.39, 0.29) is 6.42 Å². The van der Waals surface area contributed by atoms with Crippen LogP contribution in [-0.2, 0) is 48.2 Å². The fourth-order valence-electron chi connectivity index (χ4n) is 5.99. The van der Waals surface area contributed by atoms with E-state index in [1.54, 1.807) is 0 Å². The molecule has 11 nitrogen and oxygen atoms in total. The Hall–Kier alpha value is -2.35. The Morgan fingerprint density at radius 2 is 1.83 bits per heavy atom. The lowest BCUT2D eigenvalue weighted by Crippen LogP contribution is -2.48. The topological polar surface area (TPSA) is 160 Å². The van der Waals surface area contributed by atoms with Crippen molar-refractivity contribution in [1.82, 2.24) is 0 Å². The van der Waals surface area contributed by atoms with Crippen LogP contribution in [0.1, 0.15) is 51.9 Å². The molecule has 0 radical (unpaired) electrons. The van der Waals surface area contributed by atoms with Gasteiger partial charge in [0, 0.05) is 11.8 Å². The van der Waals surface area contributed by atoms with E-state index in [1.807, 2.05) is 6.92 Å². The second-order valence-corrected chi connectivity index (χ2v) is 11.0. The first-order chi connectivity index (χ1) is 16.3. The highest BCUT2D eigenvalue weighted by atomic mass is 32.2. The second kappa shape index (κ2) is 8.95. The summed E-state index contributed by atoms with van der Waals surface area (Å²) in [5, 5.41) is -5.25. The highest BCUT2D eigenvalue weighted by molar-refractivity contribution is 7.87. The van der Waals surface area contributed by atoms with Crippen molar-refractivity contribution in [2.24, 2.45) is 23.7 Å². The smallest absolute Gasteiger partial charge is 0.458 e. The molecule has 35 heavy (non-hydrogen) atoms. The molecular weight excluding hydrogens is 498 g/mol. The van der Waals surface area contributed by atoms with Gasteiger partial charge in [-0.25, -0.2) is 9.59 Å². The number of carbonyl (C=O) groups is 4. The molecule has 6 unspecified atom stereocenters. The number of hydrogen-bond donors (Lipinski definition) is 1. The van der Waals surface area contributed by atoms with Gasteiger partial charge in [-0.2, -0.15) is 17.2 Å². The van der Waals surface area contributed by atoms with E-state index >= 15 is 0 Å². The SMILES string of the molecule is CCC1(OC(=O)COC(=O)C2C3CC4C(OC(=O)C42)C3OC(=O)C(F)(F)S(=O)(=O)O)CCCCC1. The van der Waals surface area contributed by atoms with Crippen LogP contribution in [0.15, 0.2) is 0 Å².